The van der Waals surface area contributed by atoms with Crippen molar-refractivity contribution in [2.45, 2.75) is 82.1 Å². The van der Waals surface area contributed by atoms with Crippen LogP contribution in [0.3, 0.4) is 0 Å². The summed E-state index contributed by atoms with van der Waals surface area (Å²) in [4.78, 5) is 38.0. The number of anilines is 1. The van der Waals surface area contributed by atoms with Crippen LogP contribution in [0.5, 0.6) is 5.75 Å². The van der Waals surface area contributed by atoms with Crippen LogP contribution in [0.4, 0.5) is 14.6 Å². The van der Waals surface area contributed by atoms with Gasteiger partial charge in [-0.3, -0.25) is 14.3 Å². The Morgan fingerprint density at radius 1 is 1.11 bits per heavy atom. The Morgan fingerprint density at radius 2 is 1.94 bits per heavy atom. The monoisotopic (exact) mass is 645 g/mol. The smallest absolute Gasteiger partial charge is 0.350 e. The van der Waals surface area contributed by atoms with Gasteiger partial charge in [0, 0.05) is 60.3 Å². The number of halogens is 2. The van der Waals surface area contributed by atoms with Gasteiger partial charge in [0.25, 0.3) is 0 Å². The predicted molar refractivity (Wildman–Crippen MR) is 175 cm³/mol. The van der Waals surface area contributed by atoms with Crippen molar-refractivity contribution < 1.29 is 23.0 Å². The molecular weight excluding hydrogens is 604 g/mol. The molecule has 3 aromatic rings. The zero-order chi connectivity index (χ0) is 32.6. The van der Waals surface area contributed by atoms with E-state index in [1.165, 1.54) is 18.2 Å². The maximum atomic E-state index is 15.5. The molecule has 47 heavy (non-hydrogen) atoms. The summed E-state index contributed by atoms with van der Waals surface area (Å²) < 4.78 is 43.8. The first-order chi connectivity index (χ1) is 22.7. The van der Waals surface area contributed by atoms with E-state index in [0.29, 0.717) is 47.9 Å². The van der Waals surface area contributed by atoms with Crippen molar-refractivity contribution in [1.29, 1.82) is 0 Å². The number of aromatic nitrogens is 2. The van der Waals surface area contributed by atoms with Gasteiger partial charge < -0.3 is 19.3 Å². The fourth-order valence-electron chi connectivity index (χ4n) is 8.36. The molecule has 2 bridgehead atoms. The SMILES string of the molecule is C=CC(=O)N1C[C@H](C)N(c2nc(=O)n3c4c(c(-c5ccc(F)cc5F)c(C5CC5)cc24)OC[C@H]3CCCN2CC3C[C@H]2CO3)C[C@H]1C. The average molecular weight is 646 g/mol. The number of piperazine rings is 1. The molecule has 4 aliphatic heterocycles. The van der Waals surface area contributed by atoms with E-state index in [1.54, 1.807) is 9.47 Å². The summed E-state index contributed by atoms with van der Waals surface area (Å²) in [5.41, 5.74) is 2.03. The van der Waals surface area contributed by atoms with E-state index < -0.39 is 11.6 Å². The van der Waals surface area contributed by atoms with Gasteiger partial charge in [0.15, 0.2) is 5.75 Å². The van der Waals surface area contributed by atoms with Gasteiger partial charge in [0.05, 0.1) is 24.3 Å². The molecule has 1 aliphatic carbocycles. The second kappa shape index (κ2) is 11.7. The van der Waals surface area contributed by atoms with Crippen molar-refractivity contribution in [3.05, 3.63) is 64.6 Å². The molecule has 5 aliphatic rings. The first kappa shape index (κ1) is 30.5. The van der Waals surface area contributed by atoms with E-state index in [1.807, 2.05) is 13.8 Å². The fourth-order valence-corrected chi connectivity index (χ4v) is 8.36. The zero-order valence-electron chi connectivity index (χ0n) is 27.0. The number of ether oxygens (including phenoxy) is 2. The van der Waals surface area contributed by atoms with E-state index in [-0.39, 0.29) is 47.8 Å². The minimum Gasteiger partial charge on any atom is -0.489 e. The quantitative estimate of drug-likeness (QED) is 0.319. The number of hydrogen-bond donors (Lipinski definition) is 0. The van der Waals surface area contributed by atoms with Crippen LogP contribution in [0.15, 0.2) is 41.7 Å². The molecular formula is C36H41F2N5O4. The van der Waals surface area contributed by atoms with Gasteiger partial charge in [-0.1, -0.05) is 6.58 Å². The van der Waals surface area contributed by atoms with E-state index in [9.17, 15) is 14.0 Å². The van der Waals surface area contributed by atoms with E-state index in [4.69, 9.17) is 14.5 Å². The molecule has 5 heterocycles. The second-order valence-corrected chi connectivity index (χ2v) is 14.0. The number of hydrogen-bond acceptors (Lipinski definition) is 7. The Hall–Kier alpha value is -3.83. The minimum atomic E-state index is -0.661. The van der Waals surface area contributed by atoms with Gasteiger partial charge in [-0.2, -0.15) is 4.98 Å². The van der Waals surface area contributed by atoms with E-state index in [0.717, 1.165) is 68.8 Å². The molecule has 11 heteroatoms. The molecule has 9 nitrogen and oxygen atoms in total. The highest BCUT2D eigenvalue weighted by Crippen LogP contribution is 2.53. The van der Waals surface area contributed by atoms with Crippen LogP contribution in [-0.4, -0.2) is 88.9 Å². The Morgan fingerprint density at radius 3 is 2.64 bits per heavy atom. The largest absolute Gasteiger partial charge is 0.489 e. The molecule has 1 amide bonds. The van der Waals surface area contributed by atoms with Gasteiger partial charge in [-0.25, -0.2) is 13.6 Å². The van der Waals surface area contributed by atoms with Crippen molar-refractivity contribution in [2.24, 2.45) is 0 Å². The van der Waals surface area contributed by atoms with Crippen molar-refractivity contribution in [3.63, 3.8) is 0 Å². The number of amides is 1. The van der Waals surface area contributed by atoms with E-state index in [2.05, 4.69) is 22.4 Å². The molecule has 0 radical (unpaired) electrons. The number of nitrogens with zero attached hydrogens (tertiary/aromatic N) is 5. The van der Waals surface area contributed by atoms with Gasteiger partial charge >= 0.3 is 5.69 Å². The van der Waals surface area contributed by atoms with Gasteiger partial charge in [-0.15, -0.1) is 0 Å². The Bertz CT molecular complexity index is 1830. The minimum absolute atomic E-state index is 0.123. The highest BCUT2D eigenvalue weighted by Gasteiger charge is 2.40. The third-order valence-electron chi connectivity index (χ3n) is 10.9. The van der Waals surface area contributed by atoms with Crippen LogP contribution in [0.1, 0.15) is 63.5 Å². The third-order valence-corrected chi connectivity index (χ3v) is 10.9. The topological polar surface area (TPSA) is 80.1 Å². The first-order valence-electron chi connectivity index (χ1n) is 17.0. The number of morpholine rings is 1. The lowest BCUT2D eigenvalue weighted by molar-refractivity contribution is -0.128. The van der Waals surface area contributed by atoms with Crippen molar-refractivity contribution in [2.75, 3.05) is 44.3 Å². The Kier molecular flexibility index (Phi) is 7.59. The van der Waals surface area contributed by atoms with Gasteiger partial charge in [0.1, 0.15) is 24.1 Å². The molecule has 4 fully saturated rings. The first-order valence-corrected chi connectivity index (χ1v) is 17.0. The molecule has 5 atom stereocenters. The van der Waals surface area contributed by atoms with Crippen LogP contribution in [-0.2, 0) is 9.53 Å². The summed E-state index contributed by atoms with van der Waals surface area (Å²) in [6.07, 6.45) is 6.27. The summed E-state index contributed by atoms with van der Waals surface area (Å²) in [5, 5.41) is 0.786. The highest BCUT2D eigenvalue weighted by molar-refractivity contribution is 6.01. The molecule has 1 unspecified atom stereocenters. The molecule has 8 rings (SSSR count). The van der Waals surface area contributed by atoms with Crippen molar-refractivity contribution in [1.82, 2.24) is 19.4 Å². The van der Waals surface area contributed by atoms with Crippen molar-refractivity contribution >= 4 is 22.6 Å². The second-order valence-electron chi connectivity index (χ2n) is 14.0. The Labute approximate surface area is 272 Å². The van der Waals surface area contributed by atoms with Crippen LogP contribution in [0.2, 0.25) is 0 Å². The average Bonchev–Trinajstić information content (AvgIpc) is 3.69. The summed E-state index contributed by atoms with van der Waals surface area (Å²) >= 11 is 0. The molecule has 3 saturated heterocycles. The Balaban J connectivity index is 1.25. The predicted octanol–water partition coefficient (Wildman–Crippen LogP) is 5.02. The number of benzene rings is 2. The zero-order valence-corrected chi connectivity index (χ0v) is 27.0. The number of carbonyl (C=O) groups excluding carboxylic acids is 1. The normalized spacial score (nSPS) is 27.0. The van der Waals surface area contributed by atoms with Gasteiger partial charge in [0.2, 0.25) is 5.91 Å². The van der Waals surface area contributed by atoms with E-state index >= 15 is 4.39 Å². The lowest BCUT2D eigenvalue weighted by Gasteiger charge is -2.45. The fraction of sp³-hybridized carbons (Fsp3) is 0.528. The summed E-state index contributed by atoms with van der Waals surface area (Å²) in [6, 6.07) is 5.69. The summed E-state index contributed by atoms with van der Waals surface area (Å²) in [6.45, 7) is 11.6. The molecule has 0 N–H and O–H groups in total. The standard InChI is InChI=1S/C36H41F2N5O4/c1-4-31(44)41-15-21(3)42(16-20(41)2)35-29-14-28(22-7-8-22)32(27-10-9-23(37)12-30(27)38)34-33(29)43(36(45)39-35)24(18-47-34)6-5-11-40-17-26-13-25(40)19-46-26/h4,9-10,12,14,20-22,24-26H,1,5-8,11,13,15-19H2,2-3H3/t20-,21+,24-,25+,26?/m1/s1. The molecule has 248 valence electrons. The maximum Gasteiger partial charge on any atom is 0.350 e. The molecule has 0 spiro atoms. The lowest BCUT2D eigenvalue weighted by atomic mass is 9.91. The van der Waals surface area contributed by atoms with Crippen LogP contribution < -0.4 is 15.3 Å². The van der Waals surface area contributed by atoms with Gasteiger partial charge in [-0.05, 0) is 88.3 Å². The third kappa shape index (κ3) is 5.22. The molecule has 1 saturated carbocycles. The molecule has 2 aromatic carbocycles. The highest BCUT2D eigenvalue weighted by atomic mass is 19.1. The lowest BCUT2D eigenvalue weighted by Crippen LogP contribution is -2.58. The maximum absolute atomic E-state index is 15.5. The van der Waals surface area contributed by atoms with Crippen LogP contribution in [0, 0.1) is 11.6 Å². The van der Waals surface area contributed by atoms with Crippen LogP contribution >= 0.6 is 0 Å². The summed E-state index contributed by atoms with van der Waals surface area (Å²) in [7, 11) is 0. The number of rotatable bonds is 8. The summed E-state index contributed by atoms with van der Waals surface area (Å²) in [5.74, 6) is -0.219. The van der Waals surface area contributed by atoms with Crippen molar-refractivity contribution in [3.8, 4) is 16.9 Å². The molecule has 1 aromatic heterocycles. The number of likely N-dealkylation sites (tertiary alicyclic amines) is 1. The number of fused-ring (bicyclic) bond motifs is 2. The number of carbonyl (C=O) groups is 1. The van der Waals surface area contributed by atoms with Crippen LogP contribution in [0.25, 0.3) is 22.0 Å².